The Labute approximate surface area is 160 Å². The highest BCUT2D eigenvalue weighted by molar-refractivity contribution is 6.31. The minimum Gasteiger partial charge on any atom is -0.360 e. The summed E-state index contributed by atoms with van der Waals surface area (Å²) in [6, 6.07) is 12.2. The van der Waals surface area contributed by atoms with Crippen molar-refractivity contribution in [3.8, 4) is 0 Å². The molecule has 0 atom stereocenters. The molecule has 6 nitrogen and oxygen atoms in total. The standard InChI is InChI=1S/C20H18ClN3O3/c21-15-3-6-17-18(12-22-19(17)11-15)20(25)23-9-7-14(8-10-23)13-1-4-16(5-2-13)24(26)27/h1-6,11-12,14,22H,7-10H2. The Balaban J connectivity index is 1.45. The molecule has 0 spiro atoms. The van der Waals surface area contributed by atoms with E-state index in [2.05, 4.69) is 4.98 Å². The topological polar surface area (TPSA) is 79.2 Å². The number of fused-ring (bicyclic) bond motifs is 1. The second kappa shape index (κ2) is 7.04. The highest BCUT2D eigenvalue weighted by atomic mass is 35.5. The summed E-state index contributed by atoms with van der Waals surface area (Å²) in [5, 5.41) is 12.3. The van der Waals surface area contributed by atoms with Gasteiger partial charge >= 0.3 is 0 Å². The second-order valence-corrected chi connectivity index (χ2v) is 7.24. The van der Waals surface area contributed by atoms with Crippen LogP contribution in [0.3, 0.4) is 0 Å². The van der Waals surface area contributed by atoms with Crippen molar-refractivity contribution < 1.29 is 9.72 Å². The van der Waals surface area contributed by atoms with E-state index in [1.54, 1.807) is 24.4 Å². The average Bonchev–Trinajstić information content (AvgIpc) is 3.10. The molecule has 0 radical (unpaired) electrons. The first-order valence-corrected chi connectivity index (χ1v) is 9.21. The number of benzene rings is 2. The number of amides is 1. The van der Waals surface area contributed by atoms with Crippen molar-refractivity contribution in [1.29, 1.82) is 0 Å². The third-order valence-corrected chi connectivity index (χ3v) is 5.47. The van der Waals surface area contributed by atoms with Crippen LogP contribution in [0.4, 0.5) is 5.69 Å². The number of H-pyrrole nitrogens is 1. The van der Waals surface area contributed by atoms with Gasteiger partial charge in [-0.3, -0.25) is 14.9 Å². The van der Waals surface area contributed by atoms with Gasteiger partial charge in [-0.1, -0.05) is 29.8 Å². The number of halogens is 1. The van der Waals surface area contributed by atoms with E-state index in [1.807, 2.05) is 29.2 Å². The molecule has 7 heteroatoms. The zero-order valence-corrected chi connectivity index (χ0v) is 15.3. The van der Waals surface area contributed by atoms with Crippen molar-refractivity contribution in [3.63, 3.8) is 0 Å². The molecule has 0 bridgehead atoms. The molecular weight excluding hydrogens is 366 g/mol. The van der Waals surface area contributed by atoms with Crippen molar-refractivity contribution >= 4 is 34.1 Å². The van der Waals surface area contributed by atoms with Crippen molar-refractivity contribution in [3.05, 3.63) is 74.9 Å². The van der Waals surface area contributed by atoms with Crippen molar-refractivity contribution in [2.45, 2.75) is 18.8 Å². The third-order valence-electron chi connectivity index (χ3n) is 5.23. The van der Waals surface area contributed by atoms with Crippen LogP contribution in [0.25, 0.3) is 10.9 Å². The number of piperidine rings is 1. The predicted molar refractivity (Wildman–Crippen MR) is 104 cm³/mol. The molecule has 1 aliphatic rings. The zero-order valence-electron chi connectivity index (χ0n) is 14.5. The Morgan fingerprint density at radius 2 is 1.85 bits per heavy atom. The minimum atomic E-state index is -0.389. The summed E-state index contributed by atoms with van der Waals surface area (Å²) >= 11 is 6.00. The first kappa shape index (κ1) is 17.5. The van der Waals surface area contributed by atoms with Gasteiger partial charge in [-0.25, -0.2) is 0 Å². The maximum absolute atomic E-state index is 12.9. The van der Waals surface area contributed by atoms with Crippen LogP contribution in [0, 0.1) is 10.1 Å². The number of aromatic amines is 1. The number of non-ortho nitro benzene ring substituents is 1. The lowest BCUT2D eigenvalue weighted by molar-refractivity contribution is -0.384. The van der Waals surface area contributed by atoms with E-state index >= 15 is 0 Å². The van der Waals surface area contributed by atoms with Crippen LogP contribution in [0.5, 0.6) is 0 Å². The van der Waals surface area contributed by atoms with Crippen molar-refractivity contribution in [1.82, 2.24) is 9.88 Å². The fourth-order valence-corrected chi connectivity index (χ4v) is 3.90. The van der Waals surface area contributed by atoms with E-state index in [9.17, 15) is 14.9 Å². The van der Waals surface area contributed by atoms with E-state index in [0.717, 1.165) is 29.3 Å². The Hall–Kier alpha value is -2.86. The molecule has 4 rings (SSSR count). The molecule has 27 heavy (non-hydrogen) atoms. The molecule has 0 unspecified atom stereocenters. The quantitative estimate of drug-likeness (QED) is 0.523. The lowest BCUT2D eigenvalue weighted by Gasteiger charge is -2.32. The molecule has 3 aromatic rings. The van der Waals surface area contributed by atoms with E-state index in [1.165, 1.54) is 0 Å². The molecule has 0 aliphatic carbocycles. The number of carbonyl (C=O) groups excluding carboxylic acids is 1. The van der Waals surface area contributed by atoms with Gasteiger partial charge < -0.3 is 9.88 Å². The summed E-state index contributed by atoms with van der Waals surface area (Å²) in [7, 11) is 0. The Morgan fingerprint density at radius 3 is 2.52 bits per heavy atom. The molecule has 1 saturated heterocycles. The molecule has 1 amide bonds. The van der Waals surface area contributed by atoms with Gasteiger partial charge in [-0.15, -0.1) is 0 Å². The number of rotatable bonds is 3. The minimum absolute atomic E-state index is 0.0192. The highest BCUT2D eigenvalue weighted by Gasteiger charge is 2.26. The fraction of sp³-hybridized carbons (Fsp3) is 0.250. The van der Waals surface area contributed by atoms with E-state index in [-0.39, 0.29) is 16.5 Å². The molecule has 138 valence electrons. The first-order valence-electron chi connectivity index (χ1n) is 8.83. The largest absolute Gasteiger partial charge is 0.360 e. The number of hydrogen-bond acceptors (Lipinski definition) is 3. The van der Waals surface area contributed by atoms with Crippen LogP contribution in [-0.2, 0) is 0 Å². The normalized spacial score (nSPS) is 15.2. The number of hydrogen-bond donors (Lipinski definition) is 1. The van der Waals surface area contributed by atoms with E-state index in [0.29, 0.717) is 29.6 Å². The number of nitro benzene ring substituents is 1. The maximum Gasteiger partial charge on any atom is 0.269 e. The number of aromatic nitrogens is 1. The number of carbonyl (C=O) groups is 1. The van der Waals surface area contributed by atoms with Gasteiger partial charge in [-0.05, 0) is 36.5 Å². The SMILES string of the molecule is O=C(c1c[nH]c2cc(Cl)ccc12)N1CCC(c2ccc([N+](=O)[O-])cc2)CC1. The van der Waals surface area contributed by atoms with E-state index in [4.69, 9.17) is 11.6 Å². The van der Waals surface area contributed by atoms with Crippen LogP contribution >= 0.6 is 11.6 Å². The van der Waals surface area contributed by atoms with Gasteiger partial charge in [0.1, 0.15) is 0 Å². The van der Waals surface area contributed by atoms with Crippen molar-refractivity contribution in [2.75, 3.05) is 13.1 Å². The Kier molecular flexibility index (Phi) is 4.58. The summed E-state index contributed by atoms with van der Waals surface area (Å²) in [5.74, 6) is 0.336. The molecule has 1 aromatic heterocycles. The predicted octanol–water partition coefficient (Wildman–Crippen LogP) is 4.75. The summed E-state index contributed by atoms with van der Waals surface area (Å²) in [5.41, 5.74) is 2.71. The van der Waals surface area contributed by atoms with Gasteiger partial charge in [0.05, 0.1) is 10.5 Å². The van der Waals surface area contributed by atoms with E-state index < -0.39 is 0 Å². The highest BCUT2D eigenvalue weighted by Crippen LogP contribution is 2.31. The van der Waals surface area contributed by atoms with Crippen molar-refractivity contribution in [2.24, 2.45) is 0 Å². The smallest absolute Gasteiger partial charge is 0.269 e. The first-order chi connectivity index (χ1) is 13.0. The molecule has 2 heterocycles. The van der Waals surface area contributed by atoms with Crippen LogP contribution in [-0.4, -0.2) is 33.8 Å². The Morgan fingerprint density at radius 1 is 1.15 bits per heavy atom. The van der Waals surface area contributed by atoms with Gasteiger partial charge in [0.2, 0.25) is 0 Å². The third kappa shape index (κ3) is 3.40. The molecule has 1 N–H and O–H groups in total. The fourth-order valence-electron chi connectivity index (χ4n) is 3.73. The molecule has 1 fully saturated rings. The summed E-state index contributed by atoms with van der Waals surface area (Å²) in [6.45, 7) is 1.33. The van der Waals surface area contributed by atoms with Crippen LogP contribution in [0.2, 0.25) is 5.02 Å². The van der Waals surface area contributed by atoms with Crippen LogP contribution < -0.4 is 0 Å². The molecule has 2 aromatic carbocycles. The molecular formula is C20H18ClN3O3. The molecule has 0 saturated carbocycles. The molecule has 1 aliphatic heterocycles. The number of nitro groups is 1. The van der Waals surface area contributed by atoms with Gasteiger partial charge in [-0.2, -0.15) is 0 Å². The average molecular weight is 384 g/mol. The maximum atomic E-state index is 12.9. The van der Waals surface area contributed by atoms with Gasteiger partial charge in [0, 0.05) is 47.3 Å². The van der Waals surface area contributed by atoms with Crippen LogP contribution in [0.1, 0.15) is 34.7 Å². The van der Waals surface area contributed by atoms with Crippen LogP contribution in [0.15, 0.2) is 48.7 Å². The Bertz CT molecular complexity index is 1000. The van der Waals surface area contributed by atoms with Gasteiger partial charge in [0.15, 0.2) is 0 Å². The summed E-state index contributed by atoms with van der Waals surface area (Å²) < 4.78 is 0. The summed E-state index contributed by atoms with van der Waals surface area (Å²) in [4.78, 5) is 28.3. The zero-order chi connectivity index (χ0) is 19.0. The monoisotopic (exact) mass is 383 g/mol. The summed E-state index contributed by atoms with van der Waals surface area (Å²) in [6.07, 6.45) is 3.43. The number of nitrogens with one attached hydrogen (secondary N) is 1. The van der Waals surface area contributed by atoms with Gasteiger partial charge in [0.25, 0.3) is 11.6 Å². The number of nitrogens with zero attached hydrogens (tertiary/aromatic N) is 2. The lowest BCUT2D eigenvalue weighted by Crippen LogP contribution is -2.37. The number of likely N-dealkylation sites (tertiary alicyclic amines) is 1. The lowest BCUT2D eigenvalue weighted by atomic mass is 9.89. The second-order valence-electron chi connectivity index (χ2n) is 6.81.